The van der Waals surface area contributed by atoms with Crippen molar-refractivity contribution in [3.8, 4) is 0 Å². The van der Waals surface area contributed by atoms with Crippen molar-refractivity contribution in [3.05, 3.63) is 82.3 Å². The van der Waals surface area contributed by atoms with Gasteiger partial charge >= 0.3 is 5.97 Å². The summed E-state index contributed by atoms with van der Waals surface area (Å²) in [5.41, 5.74) is 1.81. The third-order valence-electron chi connectivity index (χ3n) is 4.01. The molecule has 0 saturated carbocycles. The molecule has 0 atom stereocenters. The number of fused-ring (bicyclic) bond motifs is 1. The molecule has 0 radical (unpaired) electrons. The molecule has 3 aromatic carbocycles. The van der Waals surface area contributed by atoms with Gasteiger partial charge in [0.25, 0.3) is 0 Å². The van der Waals surface area contributed by atoms with E-state index < -0.39 is 5.97 Å². The lowest BCUT2D eigenvalue weighted by molar-refractivity contribution is -0.145. The minimum absolute atomic E-state index is 0.145. The minimum Gasteiger partial charge on any atom is -0.459 e. The predicted molar refractivity (Wildman–Crippen MR) is 105 cm³/mol. The van der Waals surface area contributed by atoms with Gasteiger partial charge in [-0.25, -0.2) is 0 Å². The van der Waals surface area contributed by atoms with Gasteiger partial charge in [-0.2, -0.15) is 0 Å². The fourth-order valence-corrected chi connectivity index (χ4v) is 3.08. The van der Waals surface area contributed by atoms with E-state index in [1.165, 1.54) is 0 Å². The van der Waals surface area contributed by atoms with Crippen LogP contribution in [0.15, 0.2) is 71.2 Å². The van der Waals surface area contributed by atoms with Crippen LogP contribution < -0.4 is 5.32 Å². The van der Waals surface area contributed by atoms with Crippen molar-refractivity contribution in [1.82, 2.24) is 5.32 Å². The number of carbonyl (C=O) groups is 2. The molecule has 5 heteroatoms. The Kier molecular flexibility index (Phi) is 6.02. The molecule has 4 nitrogen and oxygen atoms in total. The van der Waals surface area contributed by atoms with Crippen molar-refractivity contribution in [2.45, 2.75) is 13.0 Å². The van der Waals surface area contributed by atoms with Crippen LogP contribution in [0.25, 0.3) is 10.8 Å². The Morgan fingerprint density at radius 2 is 1.58 bits per heavy atom. The lowest BCUT2D eigenvalue weighted by atomic mass is 10.0. The molecule has 0 spiro atoms. The van der Waals surface area contributed by atoms with E-state index in [0.29, 0.717) is 0 Å². The number of rotatable bonds is 6. The van der Waals surface area contributed by atoms with E-state index in [-0.39, 0.29) is 25.5 Å². The SMILES string of the molecule is O=C(Cc1cccc2ccccc12)NCC(=O)OCc1ccccc1Br. The molecule has 0 fully saturated rings. The van der Waals surface area contributed by atoms with Crippen LogP contribution in [0.2, 0.25) is 0 Å². The molecule has 0 saturated heterocycles. The Morgan fingerprint density at radius 3 is 2.42 bits per heavy atom. The van der Waals surface area contributed by atoms with Crippen LogP contribution in [-0.2, 0) is 27.4 Å². The first-order chi connectivity index (χ1) is 12.6. The highest BCUT2D eigenvalue weighted by molar-refractivity contribution is 9.10. The lowest BCUT2D eigenvalue weighted by Crippen LogP contribution is -2.31. The summed E-state index contributed by atoms with van der Waals surface area (Å²) in [6, 6.07) is 21.3. The molecule has 0 aromatic heterocycles. The molecule has 132 valence electrons. The molecular formula is C21H18BrNO3. The van der Waals surface area contributed by atoms with Gasteiger partial charge in [0, 0.05) is 10.0 Å². The number of nitrogens with one attached hydrogen (secondary N) is 1. The van der Waals surface area contributed by atoms with Gasteiger partial charge in [-0.15, -0.1) is 0 Å². The second kappa shape index (κ2) is 8.63. The Morgan fingerprint density at radius 1 is 0.885 bits per heavy atom. The summed E-state index contributed by atoms with van der Waals surface area (Å²) in [7, 11) is 0. The van der Waals surface area contributed by atoms with Crippen molar-refractivity contribution in [2.75, 3.05) is 6.54 Å². The second-order valence-corrected chi connectivity index (χ2v) is 6.70. The van der Waals surface area contributed by atoms with Gasteiger partial charge in [0.05, 0.1) is 6.42 Å². The molecule has 0 heterocycles. The zero-order valence-corrected chi connectivity index (χ0v) is 15.7. The molecule has 0 bridgehead atoms. The van der Waals surface area contributed by atoms with Crippen LogP contribution >= 0.6 is 15.9 Å². The number of halogens is 1. The summed E-state index contributed by atoms with van der Waals surface area (Å²) in [5, 5.41) is 4.75. The fraction of sp³-hybridized carbons (Fsp3) is 0.143. The fourth-order valence-electron chi connectivity index (χ4n) is 2.68. The van der Waals surface area contributed by atoms with E-state index >= 15 is 0 Å². The quantitative estimate of drug-likeness (QED) is 0.623. The van der Waals surface area contributed by atoms with Crippen LogP contribution in [0.5, 0.6) is 0 Å². The van der Waals surface area contributed by atoms with Gasteiger partial charge in [0.2, 0.25) is 5.91 Å². The summed E-state index contributed by atoms with van der Waals surface area (Å²) in [6.07, 6.45) is 0.221. The van der Waals surface area contributed by atoms with Crippen LogP contribution in [0.4, 0.5) is 0 Å². The number of esters is 1. The summed E-state index contributed by atoms with van der Waals surface area (Å²) in [4.78, 5) is 24.0. The van der Waals surface area contributed by atoms with Crippen molar-refractivity contribution < 1.29 is 14.3 Å². The minimum atomic E-state index is -0.466. The number of hydrogen-bond acceptors (Lipinski definition) is 3. The van der Waals surface area contributed by atoms with Crippen LogP contribution in [0, 0.1) is 0 Å². The van der Waals surface area contributed by atoms with Crippen molar-refractivity contribution >= 4 is 38.6 Å². The molecule has 0 aliphatic heterocycles. The smallest absolute Gasteiger partial charge is 0.325 e. The molecule has 26 heavy (non-hydrogen) atoms. The first-order valence-corrected chi connectivity index (χ1v) is 9.05. The number of ether oxygens (including phenoxy) is 1. The topological polar surface area (TPSA) is 55.4 Å². The Bertz CT molecular complexity index is 934. The van der Waals surface area contributed by atoms with Gasteiger partial charge in [0.1, 0.15) is 13.2 Å². The largest absolute Gasteiger partial charge is 0.459 e. The predicted octanol–water partition coefficient (Wildman–Crippen LogP) is 4.00. The number of benzene rings is 3. The standard InChI is InChI=1S/C21H18BrNO3/c22-19-11-4-2-7-17(19)14-26-21(25)13-23-20(24)12-16-9-5-8-15-6-1-3-10-18(15)16/h1-11H,12-14H2,(H,23,24). The maximum atomic E-state index is 12.2. The van der Waals surface area contributed by atoms with Gasteiger partial charge in [0.15, 0.2) is 0 Å². The lowest BCUT2D eigenvalue weighted by Gasteiger charge is -2.09. The maximum absolute atomic E-state index is 12.2. The van der Waals surface area contributed by atoms with E-state index in [1.807, 2.05) is 66.7 Å². The first-order valence-electron chi connectivity index (χ1n) is 8.26. The summed E-state index contributed by atoms with van der Waals surface area (Å²) in [6.45, 7) is 0.0213. The van der Waals surface area contributed by atoms with Gasteiger partial charge in [-0.05, 0) is 22.4 Å². The number of carbonyl (C=O) groups excluding carboxylic acids is 2. The van der Waals surface area contributed by atoms with E-state index in [1.54, 1.807) is 0 Å². The van der Waals surface area contributed by atoms with E-state index in [9.17, 15) is 9.59 Å². The zero-order chi connectivity index (χ0) is 18.4. The van der Waals surface area contributed by atoms with Crippen LogP contribution in [-0.4, -0.2) is 18.4 Å². The zero-order valence-electron chi connectivity index (χ0n) is 14.1. The highest BCUT2D eigenvalue weighted by Crippen LogP contribution is 2.19. The van der Waals surface area contributed by atoms with E-state index in [4.69, 9.17) is 4.74 Å². The summed E-state index contributed by atoms with van der Waals surface area (Å²) >= 11 is 3.40. The molecule has 3 rings (SSSR count). The average Bonchev–Trinajstić information content (AvgIpc) is 2.66. The highest BCUT2D eigenvalue weighted by Gasteiger charge is 2.10. The molecule has 0 aliphatic rings. The molecule has 0 aliphatic carbocycles. The van der Waals surface area contributed by atoms with E-state index in [2.05, 4.69) is 21.2 Å². The second-order valence-electron chi connectivity index (χ2n) is 5.84. The van der Waals surface area contributed by atoms with E-state index in [0.717, 1.165) is 26.4 Å². The average molecular weight is 412 g/mol. The van der Waals surface area contributed by atoms with Crippen LogP contribution in [0.1, 0.15) is 11.1 Å². The molecule has 1 amide bonds. The molecule has 0 unspecified atom stereocenters. The van der Waals surface area contributed by atoms with Crippen molar-refractivity contribution in [3.63, 3.8) is 0 Å². The summed E-state index contributed by atoms with van der Waals surface area (Å²) < 4.78 is 6.08. The Hall–Kier alpha value is -2.66. The third kappa shape index (κ3) is 4.70. The normalized spacial score (nSPS) is 10.5. The third-order valence-corrected chi connectivity index (χ3v) is 4.78. The molecular weight excluding hydrogens is 394 g/mol. The molecule has 3 aromatic rings. The van der Waals surface area contributed by atoms with Crippen LogP contribution in [0.3, 0.4) is 0 Å². The number of amides is 1. The van der Waals surface area contributed by atoms with Gasteiger partial charge < -0.3 is 10.1 Å². The maximum Gasteiger partial charge on any atom is 0.325 e. The number of hydrogen-bond donors (Lipinski definition) is 1. The summed E-state index contributed by atoms with van der Waals surface area (Å²) in [5.74, 6) is -0.675. The first kappa shape index (κ1) is 18.1. The van der Waals surface area contributed by atoms with Gasteiger partial charge in [-0.3, -0.25) is 9.59 Å². The van der Waals surface area contributed by atoms with Gasteiger partial charge in [-0.1, -0.05) is 76.6 Å². The highest BCUT2D eigenvalue weighted by atomic mass is 79.9. The molecule has 1 N–H and O–H groups in total. The monoisotopic (exact) mass is 411 g/mol. The van der Waals surface area contributed by atoms with Crippen molar-refractivity contribution in [1.29, 1.82) is 0 Å². The Balaban J connectivity index is 1.50. The van der Waals surface area contributed by atoms with Crippen molar-refractivity contribution in [2.24, 2.45) is 0 Å². The Labute approximate surface area is 160 Å².